The van der Waals surface area contributed by atoms with E-state index in [0.29, 0.717) is 18.8 Å². The van der Waals surface area contributed by atoms with Gasteiger partial charge in [0.2, 0.25) is 5.91 Å². The van der Waals surface area contributed by atoms with Crippen LogP contribution in [-0.2, 0) is 11.4 Å². The number of nitro benzene ring substituents is 1. The van der Waals surface area contributed by atoms with Crippen LogP contribution in [0, 0.1) is 10.1 Å². The molecule has 1 rings (SSSR count). The average molecular weight is 281 g/mol. The molecule has 1 aromatic rings. The number of aliphatic hydroxyl groups is 1. The third-order valence-corrected chi connectivity index (χ3v) is 2.89. The maximum Gasteiger partial charge on any atom is 0.275 e. The number of nitrogens with one attached hydrogen (secondary N) is 1. The second-order valence-corrected chi connectivity index (χ2v) is 4.20. The monoisotopic (exact) mass is 281 g/mol. The molecule has 0 unspecified atom stereocenters. The number of nitrogens with zero attached hydrogens (tertiary/aromatic N) is 2. The van der Waals surface area contributed by atoms with Gasteiger partial charge in [-0.1, -0.05) is 0 Å². The summed E-state index contributed by atoms with van der Waals surface area (Å²) in [6.45, 7) is 4.62. The number of nitro groups is 1. The first kappa shape index (κ1) is 15.9. The number of carbonyl (C=O) groups is 1. The van der Waals surface area contributed by atoms with E-state index in [1.54, 1.807) is 17.0 Å². The minimum atomic E-state index is -0.532. The first-order valence-corrected chi connectivity index (χ1v) is 6.43. The van der Waals surface area contributed by atoms with Gasteiger partial charge >= 0.3 is 0 Å². The van der Waals surface area contributed by atoms with Crippen molar-refractivity contribution in [2.45, 2.75) is 20.5 Å². The van der Waals surface area contributed by atoms with Crippen molar-refractivity contribution in [3.63, 3.8) is 0 Å². The van der Waals surface area contributed by atoms with Crippen molar-refractivity contribution in [1.82, 2.24) is 5.32 Å². The number of rotatable bonds is 7. The van der Waals surface area contributed by atoms with Gasteiger partial charge in [-0.15, -0.1) is 0 Å². The summed E-state index contributed by atoms with van der Waals surface area (Å²) >= 11 is 0. The molecule has 110 valence electrons. The van der Waals surface area contributed by atoms with Crippen LogP contribution in [0.3, 0.4) is 0 Å². The van der Waals surface area contributed by atoms with Crippen molar-refractivity contribution in [3.05, 3.63) is 33.9 Å². The molecule has 0 aromatic heterocycles. The zero-order valence-electron chi connectivity index (χ0n) is 11.6. The lowest BCUT2D eigenvalue weighted by Crippen LogP contribution is -2.37. The molecular weight excluding hydrogens is 262 g/mol. The number of amides is 1. The van der Waals surface area contributed by atoms with E-state index >= 15 is 0 Å². The standard InChI is InChI=1S/C13H19N3O4/c1-3-14-13(18)8-15(4-2)11-5-6-12(16(19)20)10(7-11)9-17/h5-7,17H,3-4,8-9H2,1-2H3,(H,14,18). The molecule has 0 saturated carbocycles. The Morgan fingerprint density at radius 3 is 2.65 bits per heavy atom. The van der Waals surface area contributed by atoms with E-state index in [4.69, 9.17) is 0 Å². The first-order chi connectivity index (χ1) is 9.53. The zero-order valence-corrected chi connectivity index (χ0v) is 11.6. The van der Waals surface area contributed by atoms with Crippen molar-refractivity contribution < 1.29 is 14.8 Å². The molecule has 0 aliphatic heterocycles. The Morgan fingerprint density at radius 2 is 2.15 bits per heavy atom. The molecular formula is C13H19N3O4. The predicted octanol–water partition coefficient (Wildman–Crippen LogP) is 1.05. The molecule has 7 heteroatoms. The molecule has 20 heavy (non-hydrogen) atoms. The Kier molecular flexibility index (Phi) is 5.92. The van der Waals surface area contributed by atoms with Crippen LogP contribution in [0.5, 0.6) is 0 Å². The molecule has 0 radical (unpaired) electrons. The SMILES string of the molecule is CCNC(=O)CN(CC)c1ccc([N+](=O)[O-])c(CO)c1. The van der Waals surface area contributed by atoms with Crippen LogP contribution in [0.4, 0.5) is 11.4 Å². The van der Waals surface area contributed by atoms with Crippen LogP contribution >= 0.6 is 0 Å². The van der Waals surface area contributed by atoms with Gasteiger partial charge in [0.25, 0.3) is 5.69 Å². The van der Waals surface area contributed by atoms with Gasteiger partial charge in [0.1, 0.15) is 0 Å². The fraction of sp³-hybridized carbons (Fsp3) is 0.462. The van der Waals surface area contributed by atoms with E-state index in [1.165, 1.54) is 6.07 Å². The summed E-state index contributed by atoms with van der Waals surface area (Å²) in [5.41, 5.74) is 0.792. The smallest absolute Gasteiger partial charge is 0.275 e. The Morgan fingerprint density at radius 1 is 1.45 bits per heavy atom. The fourth-order valence-electron chi connectivity index (χ4n) is 1.89. The van der Waals surface area contributed by atoms with Crippen LogP contribution in [-0.4, -0.2) is 35.6 Å². The van der Waals surface area contributed by atoms with Gasteiger partial charge in [-0.3, -0.25) is 14.9 Å². The molecule has 0 saturated heterocycles. The lowest BCUT2D eigenvalue weighted by atomic mass is 10.1. The maximum absolute atomic E-state index is 11.6. The summed E-state index contributed by atoms with van der Waals surface area (Å²) in [6, 6.07) is 4.47. The molecule has 0 heterocycles. The fourth-order valence-corrected chi connectivity index (χ4v) is 1.89. The van der Waals surface area contributed by atoms with Crippen molar-refractivity contribution >= 4 is 17.3 Å². The third-order valence-electron chi connectivity index (χ3n) is 2.89. The Balaban J connectivity index is 2.98. The molecule has 0 bridgehead atoms. The third kappa shape index (κ3) is 3.92. The van der Waals surface area contributed by atoms with Gasteiger partial charge in [-0.2, -0.15) is 0 Å². The van der Waals surface area contributed by atoms with Crippen LogP contribution < -0.4 is 10.2 Å². The van der Waals surface area contributed by atoms with E-state index in [1.807, 2.05) is 13.8 Å². The molecule has 7 nitrogen and oxygen atoms in total. The number of benzene rings is 1. The van der Waals surface area contributed by atoms with Gasteiger partial charge in [0.05, 0.1) is 23.6 Å². The molecule has 0 spiro atoms. The number of hydrogen-bond acceptors (Lipinski definition) is 5. The highest BCUT2D eigenvalue weighted by molar-refractivity contribution is 5.81. The first-order valence-electron chi connectivity index (χ1n) is 6.43. The summed E-state index contributed by atoms with van der Waals surface area (Å²) in [5, 5.41) is 22.7. The average Bonchev–Trinajstić information content (AvgIpc) is 2.44. The summed E-state index contributed by atoms with van der Waals surface area (Å²) in [4.78, 5) is 23.7. The summed E-state index contributed by atoms with van der Waals surface area (Å²) in [5.74, 6) is -0.113. The van der Waals surface area contributed by atoms with E-state index < -0.39 is 11.5 Å². The van der Waals surface area contributed by atoms with E-state index in [0.717, 1.165) is 0 Å². The lowest BCUT2D eigenvalue weighted by molar-refractivity contribution is -0.385. The Hall–Kier alpha value is -2.15. The minimum Gasteiger partial charge on any atom is -0.391 e. The molecule has 2 N–H and O–H groups in total. The van der Waals surface area contributed by atoms with E-state index in [2.05, 4.69) is 5.32 Å². The predicted molar refractivity (Wildman–Crippen MR) is 75.6 cm³/mol. The zero-order chi connectivity index (χ0) is 15.1. The largest absolute Gasteiger partial charge is 0.391 e. The summed E-state index contributed by atoms with van der Waals surface area (Å²) in [6.07, 6.45) is 0. The van der Waals surface area contributed by atoms with Crippen molar-refractivity contribution in [2.24, 2.45) is 0 Å². The maximum atomic E-state index is 11.6. The van der Waals surface area contributed by atoms with E-state index in [9.17, 15) is 20.0 Å². The second kappa shape index (κ2) is 7.44. The highest BCUT2D eigenvalue weighted by Crippen LogP contribution is 2.25. The minimum absolute atomic E-state index is 0.113. The second-order valence-electron chi connectivity index (χ2n) is 4.20. The number of hydrogen-bond donors (Lipinski definition) is 2. The van der Waals surface area contributed by atoms with Gasteiger partial charge in [0.15, 0.2) is 0 Å². The van der Waals surface area contributed by atoms with Gasteiger partial charge in [-0.25, -0.2) is 0 Å². The molecule has 1 amide bonds. The lowest BCUT2D eigenvalue weighted by Gasteiger charge is -2.22. The number of likely N-dealkylation sites (N-methyl/N-ethyl adjacent to an activating group) is 2. The Bertz CT molecular complexity index is 491. The summed E-state index contributed by atoms with van der Waals surface area (Å²) < 4.78 is 0. The number of aliphatic hydroxyl groups excluding tert-OH is 1. The van der Waals surface area contributed by atoms with E-state index in [-0.39, 0.29) is 23.7 Å². The van der Waals surface area contributed by atoms with Crippen LogP contribution in [0.15, 0.2) is 18.2 Å². The van der Waals surface area contributed by atoms with Crippen LogP contribution in [0.25, 0.3) is 0 Å². The van der Waals surface area contributed by atoms with Gasteiger partial charge in [0, 0.05) is 24.8 Å². The van der Waals surface area contributed by atoms with Crippen molar-refractivity contribution in [3.8, 4) is 0 Å². The highest BCUT2D eigenvalue weighted by Gasteiger charge is 2.16. The van der Waals surface area contributed by atoms with Gasteiger partial charge in [-0.05, 0) is 26.0 Å². The highest BCUT2D eigenvalue weighted by atomic mass is 16.6. The van der Waals surface area contributed by atoms with Crippen LogP contribution in [0.1, 0.15) is 19.4 Å². The number of carbonyl (C=O) groups excluding carboxylic acids is 1. The topological polar surface area (TPSA) is 95.7 Å². The molecule has 1 aromatic carbocycles. The Labute approximate surface area is 117 Å². The van der Waals surface area contributed by atoms with Crippen LogP contribution in [0.2, 0.25) is 0 Å². The molecule has 0 aliphatic rings. The molecule has 0 atom stereocenters. The van der Waals surface area contributed by atoms with Gasteiger partial charge < -0.3 is 15.3 Å². The molecule has 0 fully saturated rings. The number of anilines is 1. The summed E-state index contributed by atoms with van der Waals surface area (Å²) in [7, 11) is 0. The quantitative estimate of drug-likeness (QED) is 0.575. The normalized spacial score (nSPS) is 10.2. The molecule has 0 aliphatic carbocycles. The van der Waals surface area contributed by atoms with Crippen molar-refractivity contribution in [1.29, 1.82) is 0 Å². The van der Waals surface area contributed by atoms with Crippen molar-refractivity contribution in [2.75, 3.05) is 24.5 Å².